The molecule has 0 bridgehead atoms. The van der Waals surface area contributed by atoms with Gasteiger partial charge in [-0.15, -0.1) is 12.4 Å². The Morgan fingerprint density at radius 2 is 1.90 bits per heavy atom. The Morgan fingerprint density at radius 1 is 1.35 bits per heavy atom. The van der Waals surface area contributed by atoms with E-state index < -0.39 is 11.5 Å². The summed E-state index contributed by atoms with van der Waals surface area (Å²) < 4.78 is 10.4. The number of halogens is 3. The molecule has 0 aliphatic carbocycles. The molecule has 2 heterocycles. The molecule has 0 spiro atoms. The van der Waals surface area contributed by atoms with Crippen LogP contribution in [0.15, 0.2) is 12.1 Å². The van der Waals surface area contributed by atoms with Gasteiger partial charge in [0.05, 0.1) is 0 Å². The second-order valence-corrected chi connectivity index (χ2v) is 5.24. The van der Waals surface area contributed by atoms with Gasteiger partial charge in [0, 0.05) is 13.2 Å². The molecule has 1 aliphatic heterocycles. The number of ether oxygens (including phenoxy) is 2. The Bertz CT molecular complexity index is 459. The van der Waals surface area contributed by atoms with Crippen LogP contribution in [0.25, 0.3) is 0 Å². The zero-order valence-corrected chi connectivity index (χ0v) is 12.9. The number of nitrogens with two attached hydrogens (primary N) is 1. The highest BCUT2D eigenvalue weighted by Crippen LogP contribution is 2.21. The van der Waals surface area contributed by atoms with Crippen LogP contribution >= 0.6 is 35.6 Å². The van der Waals surface area contributed by atoms with Gasteiger partial charge in [-0.1, -0.05) is 23.2 Å². The van der Waals surface area contributed by atoms with Gasteiger partial charge in [0.1, 0.15) is 22.5 Å². The van der Waals surface area contributed by atoms with Crippen LogP contribution in [0.3, 0.4) is 0 Å². The number of carbonyl (C=O) groups is 1. The summed E-state index contributed by atoms with van der Waals surface area (Å²) in [6, 6.07) is 3.18. The van der Waals surface area contributed by atoms with Crippen LogP contribution in [0.1, 0.15) is 18.4 Å². The summed E-state index contributed by atoms with van der Waals surface area (Å²) in [5.74, 6) is -0.431. The van der Waals surface area contributed by atoms with Crippen LogP contribution in [0.4, 0.5) is 0 Å². The molecular formula is C12H15Cl3N2O3. The van der Waals surface area contributed by atoms with Gasteiger partial charge in [-0.3, -0.25) is 4.79 Å². The van der Waals surface area contributed by atoms with Crippen LogP contribution in [0.2, 0.25) is 10.3 Å². The molecule has 1 saturated heterocycles. The lowest BCUT2D eigenvalue weighted by Crippen LogP contribution is -2.52. The van der Waals surface area contributed by atoms with Crippen molar-refractivity contribution in [1.29, 1.82) is 0 Å². The first-order valence-corrected chi connectivity index (χ1v) is 6.61. The smallest absolute Gasteiger partial charge is 0.326 e. The number of aromatic nitrogens is 1. The largest absolute Gasteiger partial charge is 0.459 e. The predicted octanol–water partition coefficient (Wildman–Crippen LogP) is 2.36. The molecule has 112 valence electrons. The summed E-state index contributed by atoms with van der Waals surface area (Å²) in [7, 11) is 0. The number of nitrogens with zero attached hydrogens (tertiary/aromatic N) is 1. The maximum Gasteiger partial charge on any atom is 0.326 e. The number of hydrogen-bond acceptors (Lipinski definition) is 5. The van der Waals surface area contributed by atoms with Gasteiger partial charge in [-0.25, -0.2) is 4.98 Å². The summed E-state index contributed by atoms with van der Waals surface area (Å²) in [6.45, 7) is 1.01. The minimum absolute atomic E-state index is 0. The Hall–Kier alpha value is -0.590. The maximum absolute atomic E-state index is 12.0. The van der Waals surface area contributed by atoms with E-state index in [1.165, 1.54) is 0 Å². The van der Waals surface area contributed by atoms with E-state index >= 15 is 0 Å². The van der Waals surface area contributed by atoms with Crippen LogP contribution in [0, 0.1) is 0 Å². The van der Waals surface area contributed by atoms with E-state index in [0.717, 1.165) is 0 Å². The second kappa shape index (κ2) is 7.43. The van der Waals surface area contributed by atoms with E-state index in [1.54, 1.807) is 12.1 Å². The van der Waals surface area contributed by atoms with Crippen LogP contribution in [-0.2, 0) is 20.9 Å². The monoisotopic (exact) mass is 340 g/mol. The number of esters is 1. The van der Waals surface area contributed by atoms with Crippen molar-refractivity contribution in [2.24, 2.45) is 5.73 Å². The molecule has 0 amide bonds. The topological polar surface area (TPSA) is 74.4 Å². The van der Waals surface area contributed by atoms with Crippen LogP contribution in [0.5, 0.6) is 0 Å². The van der Waals surface area contributed by atoms with Gasteiger partial charge >= 0.3 is 5.97 Å². The average molecular weight is 342 g/mol. The van der Waals surface area contributed by atoms with Gasteiger partial charge in [0.15, 0.2) is 0 Å². The lowest BCUT2D eigenvalue weighted by atomic mass is 9.92. The van der Waals surface area contributed by atoms with E-state index in [1.807, 2.05) is 0 Å². The van der Waals surface area contributed by atoms with Crippen molar-refractivity contribution in [3.05, 3.63) is 28.0 Å². The number of rotatable bonds is 3. The SMILES string of the molecule is Cl.NC1(C(=O)OCc2cc(Cl)nc(Cl)c2)CCOCC1. The molecule has 20 heavy (non-hydrogen) atoms. The molecule has 1 aliphatic rings. The van der Waals surface area contributed by atoms with E-state index in [9.17, 15) is 4.79 Å². The lowest BCUT2D eigenvalue weighted by Gasteiger charge is -2.30. The van der Waals surface area contributed by atoms with E-state index in [2.05, 4.69) is 4.98 Å². The third-order valence-corrected chi connectivity index (χ3v) is 3.37. The quantitative estimate of drug-likeness (QED) is 0.675. The third kappa shape index (κ3) is 4.46. The lowest BCUT2D eigenvalue weighted by molar-refractivity contribution is -0.155. The minimum Gasteiger partial charge on any atom is -0.459 e. The molecule has 0 aromatic carbocycles. The van der Waals surface area contributed by atoms with Crippen molar-refractivity contribution < 1.29 is 14.3 Å². The maximum atomic E-state index is 12.0. The molecule has 0 atom stereocenters. The minimum atomic E-state index is -0.959. The molecule has 1 aromatic rings. The molecule has 1 fully saturated rings. The fourth-order valence-electron chi connectivity index (χ4n) is 1.83. The van der Waals surface area contributed by atoms with Gasteiger partial charge in [-0.2, -0.15) is 0 Å². The first-order valence-electron chi connectivity index (χ1n) is 5.85. The zero-order valence-electron chi connectivity index (χ0n) is 10.6. The van der Waals surface area contributed by atoms with Crippen LogP contribution in [-0.4, -0.2) is 29.7 Å². The van der Waals surface area contributed by atoms with Crippen molar-refractivity contribution in [1.82, 2.24) is 4.98 Å². The number of pyridine rings is 1. The first kappa shape index (κ1) is 17.5. The Morgan fingerprint density at radius 3 is 2.45 bits per heavy atom. The van der Waals surface area contributed by atoms with Gasteiger partial charge in [0.2, 0.25) is 0 Å². The highest BCUT2D eigenvalue weighted by molar-refractivity contribution is 6.32. The fourth-order valence-corrected chi connectivity index (χ4v) is 2.34. The van der Waals surface area contributed by atoms with Crippen molar-refractivity contribution in [2.75, 3.05) is 13.2 Å². The molecule has 0 saturated carbocycles. The number of carbonyl (C=O) groups excluding carboxylic acids is 1. The van der Waals surface area contributed by atoms with E-state index in [-0.39, 0.29) is 29.3 Å². The van der Waals surface area contributed by atoms with Crippen molar-refractivity contribution in [3.8, 4) is 0 Å². The standard InChI is InChI=1S/C12H14Cl2N2O3.ClH/c13-9-5-8(6-10(14)16-9)7-19-11(17)12(15)1-3-18-4-2-12;/h5-6H,1-4,7,15H2;1H. The van der Waals surface area contributed by atoms with Gasteiger partial charge in [-0.05, 0) is 30.5 Å². The first-order chi connectivity index (χ1) is 8.99. The van der Waals surface area contributed by atoms with Crippen molar-refractivity contribution in [3.63, 3.8) is 0 Å². The molecule has 8 heteroatoms. The second-order valence-electron chi connectivity index (χ2n) is 4.47. The molecule has 0 unspecified atom stereocenters. The average Bonchev–Trinajstić information content (AvgIpc) is 2.35. The van der Waals surface area contributed by atoms with E-state index in [4.69, 9.17) is 38.4 Å². The Balaban J connectivity index is 0.00000200. The van der Waals surface area contributed by atoms with Gasteiger partial charge in [0.25, 0.3) is 0 Å². The summed E-state index contributed by atoms with van der Waals surface area (Å²) in [5.41, 5.74) is 5.72. The van der Waals surface area contributed by atoms with E-state index in [0.29, 0.717) is 31.6 Å². The third-order valence-electron chi connectivity index (χ3n) is 2.98. The van der Waals surface area contributed by atoms with Crippen LogP contribution < -0.4 is 5.73 Å². The van der Waals surface area contributed by atoms with Crippen molar-refractivity contribution >= 4 is 41.6 Å². The van der Waals surface area contributed by atoms with Gasteiger partial charge < -0.3 is 15.2 Å². The highest BCUT2D eigenvalue weighted by Gasteiger charge is 2.37. The molecule has 2 rings (SSSR count). The molecule has 1 aromatic heterocycles. The molecule has 0 radical (unpaired) electrons. The normalized spacial score (nSPS) is 17.1. The van der Waals surface area contributed by atoms with Crippen molar-refractivity contribution in [2.45, 2.75) is 25.0 Å². The predicted molar refractivity (Wildman–Crippen MR) is 78.3 cm³/mol. The fraction of sp³-hybridized carbons (Fsp3) is 0.500. The molecule has 2 N–H and O–H groups in total. The number of hydrogen-bond donors (Lipinski definition) is 1. The summed E-state index contributed by atoms with van der Waals surface area (Å²) in [4.78, 5) is 15.8. The zero-order chi connectivity index (χ0) is 13.9. The highest BCUT2D eigenvalue weighted by atomic mass is 35.5. The molecule has 5 nitrogen and oxygen atoms in total. The Kier molecular flexibility index (Phi) is 6.48. The summed E-state index contributed by atoms with van der Waals surface area (Å²) >= 11 is 11.5. The summed E-state index contributed by atoms with van der Waals surface area (Å²) in [5, 5.41) is 0.513. The molecular weight excluding hydrogens is 327 g/mol. The summed E-state index contributed by atoms with van der Waals surface area (Å²) in [6.07, 6.45) is 0.924. The Labute approximate surface area is 133 Å².